The fourth-order valence-corrected chi connectivity index (χ4v) is 2.56. The van der Waals surface area contributed by atoms with E-state index in [1.807, 2.05) is 13.8 Å². The van der Waals surface area contributed by atoms with Gasteiger partial charge in [0.05, 0.1) is 0 Å². The van der Waals surface area contributed by atoms with E-state index >= 15 is 0 Å². The molecule has 1 aliphatic heterocycles. The Hall–Kier alpha value is -1.21. The van der Waals surface area contributed by atoms with Crippen molar-refractivity contribution >= 4 is 22.7 Å². The number of hydrogen-bond acceptors (Lipinski definition) is 5. The first-order chi connectivity index (χ1) is 8.60. The molecule has 7 heteroatoms. The molecule has 2 heterocycles. The minimum atomic E-state index is -0.155. The molecule has 0 aromatic carbocycles. The third-order valence-electron chi connectivity index (χ3n) is 3.00. The molecule has 1 aromatic rings. The average molecular weight is 270 g/mol. The number of rotatable bonds is 3. The number of urea groups is 1. The lowest BCUT2D eigenvalue weighted by molar-refractivity contribution is 0.208. The highest BCUT2D eigenvalue weighted by molar-refractivity contribution is 7.09. The van der Waals surface area contributed by atoms with Gasteiger partial charge in [0.1, 0.15) is 5.82 Å². The van der Waals surface area contributed by atoms with Crippen molar-refractivity contribution in [1.82, 2.24) is 14.3 Å². The number of carbonyl (C=O) groups excluding carboxylic acids is 1. The average Bonchev–Trinajstić information content (AvgIpc) is 2.96. The van der Waals surface area contributed by atoms with E-state index in [0.29, 0.717) is 18.2 Å². The standard InChI is InChI=1S/C11H18N4O2S/c1-7(2)9-12-10(18-14-9)13-11(17)15-4-3-8(5-15)6-16/h7-8,16H,3-6H2,1-2H3,(H,12,13,14,17). The Labute approximate surface area is 110 Å². The van der Waals surface area contributed by atoms with Crippen molar-refractivity contribution in [3.8, 4) is 0 Å². The number of carbonyl (C=O) groups is 1. The van der Waals surface area contributed by atoms with Crippen molar-refractivity contribution in [2.45, 2.75) is 26.2 Å². The molecule has 1 saturated heterocycles. The molecule has 18 heavy (non-hydrogen) atoms. The summed E-state index contributed by atoms with van der Waals surface area (Å²) in [5.74, 6) is 1.22. The van der Waals surface area contributed by atoms with E-state index in [4.69, 9.17) is 5.11 Å². The third-order valence-corrected chi connectivity index (χ3v) is 3.65. The Morgan fingerprint density at radius 3 is 3.00 bits per heavy atom. The Morgan fingerprint density at radius 2 is 2.44 bits per heavy atom. The van der Waals surface area contributed by atoms with Crippen molar-refractivity contribution in [2.75, 3.05) is 25.0 Å². The molecule has 0 aliphatic carbocycles. The molecule has 2 amide bonds. The first-order valence-corrected chi connectivity index (χ1v) is 6.88. The first kappa shape index (κ1) is 13.2. The van der Waals surface area contributed by atoms with Gasteiger partial charge in [0.15, 0.2) is 0 Å². The van der Waals surface area contributed by atoms with Gasteiger partial charge in [-0.3, -0.25) is 5.32 Å². The molecule has 100 valence electrons. The minimum Gasteiger partial charge on any atom is -0.396 e. The molecule has 0 spiro atoms. The third kappa shape index (κ3) is 2.97. The number of nitrogens with zero attached hydrogens (tertiary/aromatic N) is 3. The Kier molecular flexibility index (Phi) is 4.13. The van der Waals surface area contributed by atoms with Crippen molar-refractivity contribution in [1.29, 1.82) is 0 Å². The van der Waals surface area contributed by atoms with Gasteiger partial charge in [0.25, 0.3) is 0 Å². The summed E-state index contributed by atoms with van der Waals surface area (Å²) < 4.78 is 4.18. The van der Waals surface area contributed by atoms with Crippen LogP contribution in [-0.4, -0.2) is 45.1 Å². The van der Waals surface area contributed by atoms with Gasteiger partial charge >= 0.3 is 6.03 Å². The zero-order valence-corrected chi connectivity index (χ0v) is 11.4. The highest BCUT2D eigenvalue weighted by atomic mass is 32.1. The number of anilines is 1. The van der Waals surface area contributed by atoms with Crippen LogP contribution in [0, 0.1) is 5.92 Å². The predicted molar refractivity (Wildman–Crippen MR) is 69.8 cm³/mol. The smallest absolute Gasteiger partial charge is 0.323 e. The van der Waals surface area contributed by atoms with Gasteiger partial charge in [-0.25, -0.2) is 9.78 Å². The van der Waals surface area contributed by atoms with Gasteiger partial charge in [-0.15, -0.1) is 0 Å². The van der Waals surface area contributed by atoms with Crippen LogP contribution in [0.25, 0.3) is 0 Å². The molecular formula is C11H18N4O2S. The van der Waals surface area contributed by atoms with E-state index in [9.17, 15) is 4.79 Å². The molecular weight excluding hydrogens is 252 g/mol. The molecule has 1 fully saturated rings. The summed E-state index contributed by atoms with van der Waals surface area (Å²) in [5.41, 5.74) is 0. The number of aliphatic hydroxyl groups excluding tert-OH is 1. The highest BCUT2D eigenvalue weighted by Gasteiger charge is 2.26. The molecule has 1 atom stereocenters. The summed E-state index contributed by atoms with van der Waals surface area (Å²) in [6, 6.07) is -0.155. The molecule has 6 nitrogen and oxygen atoms in total. The van der Waals surface area contributed by atoms with Crippen LogP contribution in [0.2, 0.25) is 0 Å². The largest absolute Gasteiger partial charge is 0.396 e. The molecule has 1 unspecified atom stereocenters. The van der Waals surface area contributed by atoms with Crippen molar-refractivity contribution in [3.05, 3.63) is 5.82 Å². The van der Waals surface area contributed by atoms with Crippen LogP contribution < -0.4 is 5.32 Å². The number of likely N-dealkylation sites (tertiary alicyclic amines) is 1. The van der Waals surface area contributed by atoms with Crippen LogP contribution in [0.15, 0.2) is 0 Å². The van der Waals surface area contributed by atoms with Crippen molar-refractivity contribution in [2.24, 2.45) is 5.92 Å². The second-order valence-corrected chi connectivity index (χ2v) is 5.58. The van der Waals surface area contributed by atoms with E-state index < -0.39 is 0 Å². The van der Waals surface area contributed by atoms with Crippen LogP contribution in [-0.2, 0) is 0 Å². The maximum Gasteiger partial charge on any atom is 0.323 e. The van der Waals surface area contributed by atoms with E-state index in [2.05, 4.69) is 14.7 Å². The fourth-order valence-electron chi connectivity index (χ4n) is 1.86. The minimum absolute atomic E-state index is 0.139. The quantitative estimate of drug-likeness (QED) is 0.872. The monoisotopic (exact) mass is 270 g/mol. The molecule has 0 radical (unpaired) electrons. The summed E-state index contributed by atoms with van der Waals surface area (Å²) in [4.78, 5) is 17.9. The molecule has 2 rings (SSSR count). The van der Waals surface area contributed by atoms with Gasteiger partial charge < -0.3 is 10.0 Å². The Balaban J connectivity index is 1.91. The summed E-state index contributed by atoms with van der Waals surface area (Å²) in [7, 11) is 0. The lowest BCUT2D eigenvalue weighted by Gasteiger charge is -2.15. The van der Waals surface area contributed by atoms with Crippen molar-refractivity contribution in [3.63, 3.8) is 0 Å². The predicted octanol–water partition coefficient (Wildman–Crippen LogP) is 1.51. The van der Waals surface area contributed by atoms with Gasteiger partial charge in [0, 0.05) is 43.1 Å². The zero-order valence-electron chi connectivity index (χ0n) is 10.6. The maximum atomic E-state index is 11.9. The van der Waals surface area contributed by atoms with Crippen molar-refractivity contribution < 1.29 is 9.90 Å². The molecule has 2 N–H and O–H groups in total. The van der Waals surface area contributed by atoms with E-state index in [0.717, 1.165) is 12.2 Å². The number of nitrogens with one attached hydrogen (secondary N) is 1. The van der Waals surface area contributed by atoms with Crippen LogP contribution in [0.4, 0.5) is 9.93 Å². The molecule has 1 aromatic heterocycles. The highest BCUT2D eigenvalue weighted by Crippen LogP contribution is 2.20. The summed E-state index contributed by atoms with van der Waals surface area (Å²) in [6.45, 7) is 5.46. The first-order valence-electron chi connectivity index (χ1n) is 6.10. The SMILES string of the molecule is CC(C)c1nsc(NC(=O)N2CCC(CO)C2)n1. The number of aliphatic hydroxyl groups is 1. The van der Waals surface area contributed by atoms with Gasteiger partial charge in [0.2, 0.25) is 5.13 Å². The molecule has 1 aliphatic rings. The van der Waals surface area contributed by atoms with Crippen LogP contribution >= 0.6 is 11.5 Å². The second-order valence-electron chi connectivity index (χ2n) is 4.83. The Bertz CT molecular complexity index is 421. The maximum absolute atomic E-state index is 11.9. The summed E-state index contributed by atoms with van der Waals surface area (Å²) >= 11 is 1.20. The fraction of sp³-hybridized carbons (Fsp3) is 0.727. The zero-order chi connectivity index (χ0) is 13.1. The van der Waals surface area contributed by atoms with E-state index in [-0.39, 0.29) is 24.5 Å². The van der Waals surface area contributed by atoms with E-state index in [1.54, 1.807) is 4.90 Å². The lowest BCUT2D eigenvalue weighted by Crippen LogP contribution is -2.33. The summed E-state index contributed by atoms with van der Waals surface area (Å²) in [5, 5.41) is 12.3. The summed E-state index contributed by atoms with van der Waals surface area (Å²) in [6.07, 6.45) is 0.858. The Morgan fingerprint density at radius 1 is 1.67 bits per heavy atom. The van der Waals surface area contributed by atoms with Crippen LogP contribution in [0.1, 0.15) is 32.0 Å². The normalized spacial score (nSPS) is 19.6. The number of amides is 2. The molecule has 0 saturated carbocycles. The van der Waals surface area contributed by atoms with Gasteiger partial charge in [-0.2, -0.15) is 4.37 Å². The van der Waals surface area contributed by atoms with Crippen LogP contribution in [0.5, 0.6) is 0 Å². The van der Waals surface area contributed by atoms with Gasteiger partial charge in [-0.1, -0.05) is 13.8 Å². The topological polar surface area (TPSA) is 78.4 Å². The molecule has 0 bridgehead atoms. The van der Waals surface area contributed by atoms with E-state index in [1.165, 1.54) is 11.5 Å². The second kappa shape index (κ2) is 5.62. The number of aromatic nitrogens is 2. The van der Waals surface area contributed by atoms with Gasteiger partial charge in [-0.05, 0) is 6.42 Å². The number of hydrogen-bond donors (Lipinski definition) is 2. The lowest BCUT2D eigenvalue weighted by atomic mass is 10.1. The van der Waals surface area contributed by atoms with Crippen LogP contribution in [0.3, 0.4) is 0 Å².